The van der Waals surface area contributed by atoms with Gasteiger partial charge >= 0.3 is 0 Å². The Labute approximate surface area is 128 Å². The first-order chi connectivity index (χ1) is 10.3. The Kier molecular flexibility index (Phi) is 6.83. The molecule has 1 aromatic rings. The van der Waals surface area contributed by atoms with Crippen LogP contribution in [0.25, 0.3) is 0 Å². The number of nitrogens with one attached hydrogen (secondary N) is 1. The Bertz CT molecular complexity index is 406. The number of rotatable bonds is 8. The van der Waals surface area contributed by atoms with Crippen LogP contribution in [0.4, 0.5) is 0 Å². The minimum Gasteiger partial charge on any atom is -0.490 e. The molecular weight excluding hydrogens is 264 g/mol. The first-order valence-electron chi connectivity index (χ1n) is 8.14. The summed E-state index contributed by atoms with van der Waals surface area (Å²) in [5.74, 6) is 1.68. The number of para-hydroxylation sites is 2. The van der Waals surface area contributed by atoms with Gasteiger partial charge in [-0.1, -0.05) is 19.1 Å². The van der Waals surface area contributed by atoms with Gasteiger partial charge in [-0.05, 0) is 45.0 Å². The largest absolute Gasteiger partial charge is 0.490 e. The van der Waals surface area contributed by atoms with E-state index in [0.29, 0.717) is 19.3 Å². The van der Waals surface area contributed by atoms with Crippen molar-refractivity contribution in [1.82, 2.24) is 10.2 Å². The molecule has 1 atom stereocenters. The van der Waals surface area contributed by atoms with Gasteiger partial charge in [-0.3, -0.25) is 4.90 Å². The third-order valence-electron chi connectivity index (χ3n) is 3.98. The average molecular weight is 292 g/mol. The third kappa shape index (κ3) is 4.90. The number of likely N-dealkylation sites (N-methyl/N-ethyl adjacent to an activating group) is 1. The number of benzene rings is 1. The van der Waals surface area contributed by atoms with Gasteiger partial charge in [-0.2, -0.15) is 0 Å². The van der Waals surface area contributed by atoms with Crippen LogP contribution in [0.1, 0.15) is 26.7 Å². The van der Waals surface area contributed by atoms with Crippen molar-refractivity contribution in [2.45, 2.75) is 32.7 Å². The maximum atomic E-state index is 5.93. The molecular formula is C17H28N2O2. The lowest BCUT2D eigenvalue weighted by molar-refractivity contribution is 0.143. The minimum atomic E-state index is 0.648. The van der Waals surface area contributed by atoms with Crippen molar-refractivity contribution in [1.29, 1.82) is 0 Å². The van der Waals surface area contributed by atoms with E-state index >= 15 is 0 Å². The molecule has 0 saturated carbocycles. The second kappa shape index (κ2) is 8.90. The standard InChI is InChI=1S/C17H28N2O2/c1-3-19(15-8-7-11-18-14-15)12-13-21-17-10-6-5-9-16(17)20-4-2/h5-6,9-10,15,18H,3-4,7-8,11-14H2,1-2H3. The third-order valence-corrected chi connectivity index (χ3v) is 3.98. The molecule has 0 aromatic heterocycles. The van der Waals surface area contributed by atoms with E-state index in [1.807, 2.05) is 31.2 Å². The molecule has 1 heterocycles. The summed E-state index contributed by atoms with van der Waals surface area (Å²) in [4.78, 5) is 2.51. The summed E-state index contributed by atoms with van der Waals surface area (Å²) in [5.41, 5.74) is 0. The molecule has 1 aliphatic rings. The van der Waals surface area contributed by atoms with E-state index in [9.17, 15) is 0 Å². The molecule has 2 rings (SSSR count). The van der Waals surface area contributed by atoms with Gasteiger partial charge in [-0.25, -0.2) is 0 Å². The first kappa shape index (κ1) is 16.1. The van der Waals surface area contributed by atoms with E-state index in [4.69, 9.17) is 9.47 Å². The van der Waals surface area contributed by atoms with Crippen molar-refractivity contribution in [2.24, 2.45) is 0 Å². The Hall–Kier alpha value is -1.26. The zero-order valence-electron chi connectivity index (χ0n) is 13.3. The number of hydrogen-bond acceptors (Lipinski definition) is 4. The van der Waals surface area contributed by atoms with Crippen LogP contribution < -0.4 is 14.8 Å². The zero-order valence-corrected chi connectivity index (χ0v) is 13.3. The molecule has 0 radical (unpaired) electrons. The molecule has 21 heavy (non-hydrogen) atoms. The van der Waals surface area contributed by atoms with Crippen LogP contribution in [-0.2, 0) is 0 Å². The summed E-state index contributed by atoms with van der Waals surface area (Å²) in [6, 6.07) is 8.55. The number of nitrogens with zero attached hydrogens (tertiary/aromatic N) is 1. The van der Waals surface area contributed by atoms with Crippen LogP contribution in [-0.4, -0.2) is 50.3 Å². The molecule has 0 spiro atoms. The minimum absolute atomic E-state index is 0.648. The quantitative estimate of drug-likeness (QED) is 0.798. The Morgan fingerprint density at radius 2 is 1.95 bits per heavy atom. The van der Waals surface area contributed by atoms with Crippen molar-refractivity contribution < 1.29 is 9.47 Å². The first-order valence-corrected chi connectivity index (χ1v) is 8.14. The molecule has 4 heteroatoms. The molecule has 1 fully saturated rings. The van der Waals surface area contributed by atoms with Gasteiger partial charge in [0.15, 0.2) is 11.5 Å². The van der Waals surface area contributed by atoms with Crippen molar-refractivity contribution in [3.05, 3.63) is 24.3 Å². The van der Waals surface area contributed by atoms with Gasteiger partial charge in [-0.15, -0.1) is 0 Å². The van der Waals surface area contributed by atoms with Crippen molar-refractivity contribution in [2.75, 3.05) is 39.4 Å². The van der Waals surface area contributed by atoms with Gasteiger partial charge < -0.3 is 14.8 Å². The molecule has 4 nitrogen and oxygen atoms in total. The van der Waals surface area contributed by atoms with Crippen molar-refractivity contribution in [3.63, 3.8) is 0 Å². The molecule has 0 bridgehead atoms. The number of ether oxygens (including phenoxy) is 2. The fraction of sp³-hybridized carbons (Fsp3) is 0.647. The van der Waals surface area contributed by atoms with E-state index in [1.54, 1.807) is 0 Å². The van der Waals surface area contributed by atoms with Crippen LogP contribution in [0.2, 0.25) is 0 Å². The monoisotopic (exact) mass is 292 g/mol. The second-order valence-electron chi connectivity index (χ2n) is 5.36. The maximum Gasteiger partial charge on any atom is 0.161 e. The predicted molar refractivity (Wildman–Crippen MR) is 86.2 cm³/mol. The molecule has 1 N–H and O–H groups in total. The van der Waals surface area contributed by atoms with E-state index < -0.39 is 0 Å². The topological polar surface area (TPSA) is 33.7 Å². The summed E-state index contributed by atoms with van der Waals surface area (Å²) in [5, 5.41) is 3.48. The molecule has 1 saturated heterocycles. The number of hydrogen-bond donors (Lipinski definition) is 1. The van der Waals surface area contributed by atoms with Crippen molar-refractivity contribution in [3.8, 4) is 11.5 Å². The molecule has 0 amide bonds. The van der Waals surface area contributed by atoms with Crippen LogP contribution >= 0.6 is 0 Å². The van der Waals surface area contributed by atoms with Crippen LogP contribution in [0.3, 0.4) is 0 Å². The van der Waals surface area contributed by atoms with E-state index in [2.05, 4.69) is 17.1 Å². The van der Waals surface area contributed by atoms with Gasteiger partial charge in [0.1, 0.15) is 6.61 Å². The maximum absolute atomic E-state index is 5.93. The SMILES string of the molecule is CCOc1ccccc1OCCN(CC)C1CCCNC1. The summed E-state index contributed by atoms with van der Waals surface area (Å²) in [6.45, 7) is 9.87. The summed E-state index contributed by atoms with van der Waals surface area (Å²) < 4.78 is 11.5. The normalized spacial score (nSPS) is 18.7. The molecule has 0 aliphatic carbocycles. The Morgan fingerprint density at radius 3 is 2.57 bits per heavy atom. The highest BCUT2D eigenvalue weighted by Crippen LogP contribution is 2.26. The fourth-order valence-electron chi connectivity index (χ4n) is 2.86. The van der Waals surface area contributed by atoms with E-state index in [-0.39, 0.29) is 0 Å². The van der Waals surface area contributed by atoms with Gasteiger partial charge in [0.05, 0.1) is 6.61 Å². The van der Waals surface area contributed by atoms with Gasteiger partial charge in [0.2, 0.25) is 0 Å². The van der Waals surface area contributed by atoms with Crippen LogP contribution in [0, 0.1) is 0 Å². The molecule has 118 valence electrons. The summed E-state index contributed by atoms with van der Waals surface area (Å²) in [6.07, 6.45) is 2.56. The van der Waals surface area contributed by atoms with Gasteiger partial charge in [0.25, 0.3) is 0 Å². The lowest BCUT2D eigenvalue weighted by Gasteiger charge is -2.33. The second-order valence-corrected chi connectivity index (χ2v) is 5.36. The average Bonchev–Trinajstić information content (AvgIpc) is 2.54. The van der Waals surface area contributed by atoms with Gasteiger partial charge in [0, 0.05) is 19.1 Å². The molecule has 1 aliphatic heterocycles. The lowest BCUT2D eigenvalue weighted by Crippen LogP contribution is -2.47. The highest BCUT2D eigenvalue weighted by atomic mass is 16.5. The zero-order chi connectivity index (χ0) is 14.9. The Morgan fingerprint density at radius 1 is 1.19 bits per heavy atom. The highest BCUT2D eigenvalue weighted by Gasteiger charge is 2.19. The van der Waals surface area contributed by atoms with E-state index in [0.717, 1.165) is 37.7 Å². The molecule has 1 aromatic carbocycles. The molecule has 1 unspecified atom stereocenters. The van der Waals surface area contributed by atoms with Crippen LogP contribution in [0.15, 0.2) is 24.3 Å². The van der Waals surface area contributed by atoms with E-state index in [1.165, 1.54) is 12.8 Å². The predicted octanol–water partition coefficient (Wildman–Crippen LogP) is 2.54. The van der Waals surface area contributed by atoms with Crippen molar-refractivity contribution >= 4 is 0 Å². The fourth-order valence-corrected chi connectivity index (χ4v) is 2.86. The Balaban J connectivity index is 1.82. The lowest BCUT2D eigenvalue weighted by atomic mass is 10.1. The van der Waals surface area contributed by atoms with Crippen LogP contribution in [0.5, 0.6) is 11.5 Å². The summed E-state index contributed by atoms with van der Waals surface area (Å²) >= 11 is 0. The highest BCUT2D eigenvalue weighted by molar-refractivity contribution is 5.39. The summed E-state index contributed by atoms with van der Waals surface area (Å²) in [7, 11) is 0. The number of piperidine rings is 1. The smallest absolute Gasteiger partial charge is 0.161 e.